The zero-order valence-corrected chi connectivity index (χ0v) is 15.4. The van der Waals surface area contributed by atoms with Crippen LogP contribution in [0, 0.1) is 5.41 Å². The summed E-state index contributed by atoms with van der Waals surface area (Å²) in [7, 11) is 0. The molecule has 0 bridgehead atoms. The topological polar surface area (TPSA) is 58.2 Å². The van der Waals surface area contributed by atoms with Gasteiger partial charge in [-0.15, -0.1) is 0 Å². The summed E-state index contributed by atoms with van der Waals surface area (Å²) in [6.45, 7) is 5.95. The first-order valence-corrected chi connectivity index (χ1v) is 8.53. The van der Waals surface area contributed by atoms with E-state index in [-0.39, 0.29) is 17.2 Å². The second-order valence-corrected chi connectivity index (χ2v) is 7.58. The molecule has 0 aliphatic rings. The van der Waals surface area contributed by atoms with E-state index >= 15 is 0 Å². The number of nitrogens with one attached hydrogen (secondary N) is 2. The Hall–Kier alpha value is -2.33. The molecule has 25 heavy (non-hydrogen) atoms. The van der Waals surface area contributed by atoms with E-state index in [4.69, 9.17) is 11.6 Å². The van der Waals surface area contributed by atoms with E-state index < -0.39 is 6.04 Å². The van der Waals surface area contributed by atoms with E-state index in [1.165, 1.54) is 0 Å². The summed E-state index contributed by atoms with van der Waals surface area (Å²) >= 11 is 5.96. The molecule has 0 aliphatic heterocycles. The third-order valence-electron chi connectivity index (χ3n) is 3.48. The average molecular weight is 359 g/mol. The highest BCUT2D eigenvalue weighted by molar-refractivity contribution is 6.30. The number of hydrogen-bond acceptors (Lipinski definition) is 2. The summed E-state index contributed by atoms with van der Waals surface area (Å²) in [6, 6.07) is 15.3. The van der Waals surface area contributed by atoms with Gasteiger partial charge in [0.2, 0.25) is 5.91 Å². The average Bonchev–Trinajstić information content (AvgIpc) is 2.51. The van der Waals surface area contributed by atoms with Crippen molar-refractivity contribution in [3.8, 4) is 0 Å². The lowest BCUT2D eigenvalue weighted by molar-refractivity contribution is -0.127. The van der Waals surface area contributed by atoms with Gasteiger partial charge in [0.15, 0.2) is 0 Å². The molecule has 2 amide bonds. The molecule has 0 saturated carbocycles. The zero-order valence-electron chi connectivity index (χ0n) is 14.7. The van der Waals surface area contributed by atoms with Crippen molar-refractivity contribution in [2.75, 3.05) is 5.32 Å². The molecule has 5 heteroatoms. The van der Waals surface area contributed by atoms with Crippen LogP contribution in [-0.4, -0.2) is 11.8 Å². The van der Waals surface area contributed by atoms with Crippen molar-refractivity contribution in [1.82, 2.24) is 5.32 Å². The maximum atomic E-state index is 12.8. The van der Waals surface area contributed by atoms with Crippen LogP contribution < -0.4 is 10.6 Å². The van der Waals surface area contributed by atoms with Gasteiger partial charge in [-0.3, -0.25) is 9.59 Å². The van der Waals surface area contributed by atoms with Crippen LogP contribution in [0.1, 0.15) is 38.8 Å². The van der Waals surface area contributed by atoms with Gasteiger partial charge in [0.05, 0.1) is 0 Å². The third kappa shape index (κ3) is 6.24. The van der Waals surface area contributed by atoms with Gasteiger partial charge < -0.3 is 10.6 Å². The number of benzene rings is 2. The molecule has 4 nitrogen and oxygen atoms in total. The van der Waals surface area contributed by atoms with Crippen LogP contribution in [0.5, 0.6) is 0 Å². The van der Waals surface area contributed by atoms with Crippen molar-refractivity contribution >= 4 is 29.1 Å². The molecule has 0 aliphatic carbocycles. The molecule has 2 N–H and O–H groups in total. The number of amides is 2. The molecule has 0 spiro atoms. The minimum atomic E-state index is -0.768. The second kappa shape index (κ2) is 8.17. The van der Waals surface area contributed by atoms with Crippen LogP contribution in [-0.2, 0) is 9.59 Å². The molecule has 2 aromatic carbocycles. The lowest BCUT2D eigenvalue weighted by Gasteiger charge is -2.22. The highest BCUT2D eigenvalue weighted by Gasteiger charge is 2.25. The molecule has 0 heterocycles. The van der Waals surface area contributed by atoms with Crippen LogP contribution in [0.3, 0.4) is 0 Å². The minimum Gasteiger partial charge on any atom is -0.341 e. The Balaban J connectivity index is 2.19. The molecule has 0 aromatic heterocycles. The van der Waals surface area contributed by atoms with E-state index in [0.29, 0.717) is 17.1 Å². The molecular formula is C20H23ClN2O2. The number of halogens is 1. The van der Waals surface area contributed by atoms with Gasteiger partial charge in [-0.2, -0.15) is 0 Å². The van der Waals surface area contributed by atoms with Gasteiger partial charge in [-0.25, -0.2) is 0 Å². The molecule has 132 valence electrons. The fourth-order valence-electron chi connectivity index (χ4n) is 2.42. The molecule has 0 fully saturated rings. The number of anilines is 1. The Morgan fingerprint density at radius 1 is 1.04 bits per heavy atom. The van der Waals surface area contributed by atoms with Crippen LogP contribution in [0.4, 0.5) is 5.69 Å². The van der Waals surface area contributed by atoms with Gasteiger partial charge >= 0.3 is 0 Å². The maximum absolute atomic E-state index is 12.8. The molecule has 1 atom stereocenters. The Morgan fingerprint density at radius 3 is 2.32 bits per heavy atom. The second-order valence-electron chi connectivity index (χ2n) is 7.15. The van der Waals surface area contributed by atoms with E-state index in [0.717, 1.165) is 5.56 Å². The van der Waals surface area contributed by atoms with Crippen LogP contribution in [0.25, 0.3) is 0 Å². The molecule has 2 aromatic rings. The number of rotatable bonds is 5. The van der Waals surface area contributed by atoms with Gasteiger partial charge in [0.1, 0.15) is 6.04 Å². The largest absolute Gasteiger partial charge is 0.341 e. The van der Waals surface area contributed by atoms with Gasteiger partial charge in [0, 0.05) is 17.1 Å². The predicted octanol–water partition coefficient (Wildman–Crippen LogP) is 4.57. The Morgan fingerprint density at radius 2 is 1.72 bits per heavy atom. The minimum absolute atomic E-state index is 0.158. The standard InChI is InChI=1S/C20H23ClN2O2/c1-20(2,3)13-17(24)23-18(14-8-5-4-6-9-14)19(25)22-16-11-7-10-15(21)12-16/h4-12,18H,13H2,1-3H3,(H,22,25)(H,23,24). The van der Waals surface area contributed by atoms with E-state index in [2.05, 4.69) is 10.6 Å². The monoisotopic (exact) mass is 358 g/mol. The molecule has 0 saturated heterocycles. The van der Waals surface area contributed by atoms with Crippen molar-refractivity contribution in [3.05, 3.63) is 65.2 Å². The van der Waals surface area contributed by atoms with Gasteiger partial charge in [-0.1, -0.05) is 68.8 Å². The van der Waals surface area contributed by atoms with Crippen molar-refractivity contribution < 1.29 is 9.59 Å². The summed E-state index contributed by atoms with van der Waals surface area (Å²) in [5, 5.41) is 6.19. The summed E-state index contributed by atoms with van der Waals surface area (Å²) in [5.74, 6) is -0.474. The van der Waals surface area contributed by atoms with Crippen molar-refractivity contribution in [2.24, 2.45) is 5.41 Å². The van der Waals surface area contributed by atoms with Crippen molar-refractivity contribution in [1.29, 1.82) is 0 Å². The molecule has 0 radical (unpaired) electrons. The smallest absolute Gasteiger partial charge is 0.251 e. The summed E-state index contributed by atoms with van der Waals surface area (Å²) in [6.07, 6.45) is 0.334. The normalized spacial score (nSPS) is 12.3. The zero-order chi connectivity index (χ0) is 18.4. The molecule has 1 unspecified atom stereocenters. The van der Waals surface area contributed by atoms with E-state index in [1.54, 1.807) is 24.3 Å². The highest BCUT2D eigenvalue weighted by atomic mass is 35.5. The number of hydrogen-bond donors (Lipinski definition) is 2. The van der Waals surface area contributed by atoms with Crippen molar-refractivity contribution in [3.63, 3.8) is 0 Å². The van der Waals surface area contributed by atoms with Crippen LogP contribution >= 0.6 is 11.6 Å². The first-order chi connectivity index (χ1) is 11.7. The summed E-state index contributed by atoms with van der Waals surface area (Å²) in [4.78, 5) is 25.1. The fourth-order valence-corrected chi connectivity index (χ4v) is 2.61. The number of carbonyl (C=O) groups excluding carboxylic acids is 2. The SMILES string of the molecule is CC(C)(C)CC(=O)NC(C(=O)Nc1cccc(Cl)c1)c1ccccc1. The third-order valence-corrected chi connectivity index (χ3v) is 3.72. The molecule has 2 rings (SSSR count). The predicted molar refractivity (Wildman–Crippen MR) is 101 cm³/mol. The lowest BCUT2D eigenvalue weighted by atomic mass is 9.91. The Kier molecular flexibility index (Phi) is 6.21. The summed E-state index contributed by atoms with van der Waals surface area (Å²) < 4.78 is 0. The number of carbonyl (C=O) groups is 2. The first-order valence-electron chi connectivity index (χ1n) is 8.15. The quantitative estimate of drug-likeness (QED) is 0.822. The van der Waals surface area contributed by atoms with E-state index in [1.807, 2.05) is 51.1 Å². The maximum Gasteiger partial charge on any atom is 0.251 e. The first kappa shape index (κ1) is 19.0. The fraction of sp³-hybridized carbons (Fsp3) is 0.300. The van der Waals surface area contributed by atoms with Crippen molar-refractivity contribution in [2.45, 2.75) is 33.2 Å². The van der Waals surface area contributed by atoms with Crippen LogP contribution in [0.15, 0.2) is 54.6 Å². The van der Waals surface area contributed by atoms with Gasteiger partial charge in [-0.05, 0) is 29.2 Å². The highest BCUT2D eigenvalue weighted by Crippen LogP contribution is 2.22. The Labute approximate surface area is 153 Å². The Bertz CT molecular complexity index is 739. The lowest BCUT2D eigenvalue weighted by Crippen LogP contribution is -2.38. The van der Waals surface area contributed by atoms with Gasteiger partial charge in [0.25, 0.3) is 5.91 Å². The summed E-state index contributed by atoms with van der Waals surface area (Å²) in [5.41, 5.74) is 1.15. The van der Waals surface area contributed by atoms with Crippen LogP contribution in [0.2, 0.25) is 5.02 Å². The van der Waals surface area contributed by atoms with E-state index in [9.17, 15) is 9.59 Å². The molecular weight excluding hydrogens is 336 g/mol.